The van der Waals surface area contributed by atoms with Crippen LogP contribution in [0.4, 0.5) is 0 Å². The molecule has 0 rings (SSSR count). The van der Waals surface area contributed by atoms with Crippen molar-refractivity contribution in [2.75, 3.05) is 132 Å². The maximum Gasteiger partial charge on any atom is 0.303 e. The summed E-state index contributed by atoms with van der Waals surface area (Å²) < 4.78 is 48.8. The largest absolute Gasteiger partial charge is 0.481 e. The zero-order valence-corrected chi connectivity index (χ0v) is 27.6. The fourth-order valence-corrected chi connectivity index (χ4v) is 3.28. The molecule has 0 aromatic carbocycles. The first-order valence-corrected chi connectivity index (χ1v) is 16.1. The van der Waals surface area contributed by atoms with E-state index in [2.05, 4.69) is 10.6 Å². The van der Waals surface area contributed by atoms with Gasteiger partial charge in [-0.3, -0.25) is 19.2 Å². The molecule has 0 aliphatic rings. The molecule has 47 heavy (non-hydrogen) atoms. The molecular formula is C30H56N2O15. The Kier molecular flexibility index (Phi) is 34.4. The van der Waals surface area contributed by atoms with Crippen LogP contribution in [-0.2, 0) is 61.8 Å². The van der Waals surface area contributed by atoms with Gasteiger partial charge >= 0.3 is 11.9 Å². The van der Waals surface area contributed by atoms with E-state index in [0.717, 1.165) is 0 Å². The monoisotopic (exact) mass is 684 g/mol. The number of aliphatic carboxylic acids is 2. The highest BCUT2D eigenvalue weighted by Gasteiger charge is 2.05. The lowest BCUT2D eigenvalue weighted by Crippen LogP contribution is -2.25. The fourth-order valence-electron chi connectivity index (χ4n) is 3.28. The van der Waals surface area contributed by atoms with Gasteiger partial charge in [-0.05, 0) is 12.8 Å². The normalized spacial score (nSPS) is 11.1. The molecule has 0 radical (unpaired) electrons. The van der Waals surface area contributed by atoms with Crippen molar-refractivity contribution in [3.05, 3.63) is 0 Å². The second-order valence-electron chi connectivity index (χ2n) is 9.71. The lowest BCUT2D eigenvalue weighted by Gasteiger charge is -2.09. The molecule has 0 fully saturated rings. The molecule has 0 saturated carbocycles. The van der Waals surface area contributed by atoms with E-state index in [1.165, 1.54) is 0 Å². The summed E-state index contributed by atoms with van der Waals surface area (Å²) in [6, 6.07) is 0. The smallest absolute Gasteiger partial charge is 0.303 e. The van der Waals surface area contributed by atoms with Crippen LogP contribution < -0.4 is 10.6 Å². The number of rotatable bonds is 38. The van der Waals surface area contributed by atoms with Gasteiger partial charge < -0.3 is 63.5 Å². The predicted molar refractivity (Wildman–Crippen MR) is 166 cm³/mol. The summed E-state index contributed by atoms with van der Waals surface area (Å²) in [5.74, 6) is -2.52. The van der Waals surface area contributed by atoms with Crippen LogP contribution in [0, 0.1) is 0 Å². The van der Waals surface area contributed by atoms with E-state index in [1.54, 1.807) is 0 Å². The first kappa shape index (κ1) is 44.5. The predicted octanol–water partition coefficient (Wildman–Crippen LogP) is -0.122. The molecule has 0 saturated heterocycles. The molecule has 2 amide bonds. The molecule has 17 heteroatoms. The van der Waals surface area contributed by atoms with Crippen LogP contribution in [0.1, 0.15) is 38.5 Å². The van der Waals surface area contributed by atoms with E-state index in [1.807, 2.05) is 0 Å². The number of amides is 2. The Bertz CT molecular complexity index is 701. The zero-order chi connectivity index (χ0) is 34.5. The average Bonchev–Trinajstić information content (AvgIpc) is 3.04. The topological polar surface area (TPSA) is 216 Å². The summed E-state index contributed by atoms with van der Waals surface area (Å²) >= 11 is 0. The van der Waals surface area contributed by atoms with Gasteiger partial charge in [0.25, 0.3) is 0 Å². The molecule has 4 N–H and O–H groups in total. The molecule has 0 heterocycles. The first-order valence-electron chi connectivity index (χ1n) is 16.1. The van der Waals surface area contributed by atoms with Gasteiger partial charge in [0.05, 0.1) is 119 Å². The SMILES string of the molecule is O=C(O)CCC(=O)NCCCOCCOCCOCCOCCOCCOCCOCCOCCOCCCNC(=O)CCC(=O)O. The Morgan fingerprint density at radius 1 is 0.340 bits per heavy atom. The molecular weight excluding hydrogens is 628 g/mol. The summed E-state index contributed by atoms with van der Waals surface area (Å²) in [7, 11) is 0. The molecule has 0 unspecified atom stereocenters. The van der Waals surface area contributed by atoms with Crippen LogP contribution in [0.2, 0.25) is 0 Å². The maximum atomic E-state index is 11.4. The molecule has 0 bridgehead atoms. The molecule has 0 aliphatic heterocycles. The maximum absolute atomic E-state index is 11.4. The van der Waals surface area contributed by atoms with Crippen molar-refractivity contribution in [3.8, 4) is 0 Å². The van der Waals surface area contributed by atoms with Gasteiger partial charge in [0.1, 0.15) is 0 Å². The van der Waals surface area contributed by atoms with Crippen molar-refractivity contribution in [2.24, 2.45) is 0 Å². The molecule has 0 aliphatic carbocycles. The van der Waals surface area contributed by atoms with Gasteiger partial charge in [-0.1, -0.05) is 0 Å². The Labute approximate surface area is 277 Å². The van der Waals surface area contributed by atoms with Crippen LogP contribution >= 0.6 is 0 Å². The minimum atomic E-state index is -0.989. The van der Waals surface area contributed by atoms with Crippen molar-refractivity contribution >= 4 is 23.8 Å². The number of carboxylic acid groups (broad SMARTS) is 2. The Morgan fingerprint density at radius 3 is 0.766 bits per heavy atom. The number of carbonyl (C=O) groups is 4. The lowest BCUT2D eigenvalue weighted by molar-refractivity contribution is -0.139. The van der Waals surface area contributed by atoms with Crippen molar-refractivity contribution in [3.63, 3.8) is 0 Å². The summed E-state index contributed by atoms with van der Waals surface area (Å²) in [6.07, 6.45) is 0.913. The van der Waals surface area contributed by atoms with Crippen molar-refractivity contribution in [1.29, 1.82) is 0 Å². The van der Waals surface area contributed by atoms with Crippen molar-refractivity contribution < 1.29 is 72.0 Å². The van der Waals surface area contributed by atoms with Gasteiger partial charge in [-0.2, -0.15) is 0 Å². The third kappa shape index (κ3) is 39.6. The minimum absolute atomic E-state index is 0.0167. The number of hydrogen-bond donors (Lipinski definition) is 4. The van der Waals surface area contributed by atoms with Crippen LogP contribution in [-0.4, -0.2) is 166 Å². The van der Waals surface area contributed by atoms with E-state index in [4.69, 9.17) is 52.8 Å². The molecule has 0 aromatic heterocycles. The molecule has 17 nitrogen and oxygen atoms in total. The van der Waals surface area contributed by atoms with Gasteiger partial charge in [0, 0.05) is 39.1 Å². The number of hydrogen-bond acceptors (Lipinski definition) is 13. The Hall–Kier alpha value is -2.48. The molecule has 0 spiro atoms. The summed E-state index contributed by atoms with van der Waals surface area (Å²) in [6.45, 7) is 9.14. The first-order chi connectivity index (χ1) is 22.9. The lowest BCUT2D eigenvalue weighted by atomic mass is 10.3. The highest BCUT2D eigenvalue weighted by molar-refractivity contribution is 5.81. The number of carboxylic acids is 2. The van der Waals surface area contributed by atoms with Gasteiger partial charge in [-0.15, -0.1) is 0 Å². The van der Waals surface area contributed by atoms with Gasteiger partial charge in [0.2, 0.25) is 11.8 Å². The standard InChI is InChI=1S/C30H56N2O15/c33-27(3-5-29(35)36)31-7-1-9-39-11-13-41-15-17-43-19-21-45-23-25-47-26-24-46-22-20-44-18-16-42-14-12-40-10-2-8-32-28(34)4-6-30(37)38/h1-26H2,(H,31,33)(H,32,34)(H,35,36)(H,37,38). The number of carbonyl (C=O) groups excluding carboxylic acids is 2. The highest BCUT2D eigenvalue weighted by atomic mass is 16.6. The summed E-state index contributed by atoms with van der Waals surface area (Å²) in [5, 5.41) is 22.3. The van der Waals surface area contributed by atoms with Crippen molar-refractivity contribution in [2.45, 2.75) is 38.5 Å². The third-order valence-electron chi connectivity index (χ3n) is 5.68. The zero-order valence-electron chi connectivity index (χ0n) is 27.6. The van der Waals surface area contributed by atoms with E-state index in [-0.39, 0.29) is 37.5 Å². The second-order valence-corrected chi connectivity index (χ2v) is 9.71. The molecule has 0 aromatic rings. The quantitative estimate of drug-likeness (QED) is 0.0624. The van der Waals surface area contributed by atoms with E-state index in [0.29, 0.717) is 145 Å². The number of ether oxygens (including phenoxy) is 9. The number of nitrogens with one attached hydrogen (secondary N) is 2. The molecule has 0 atom stereocenters. The van der Waals surface area contributed by atoms with E-state index >= 15 is 0 Å². The van der Waals surface area contributed by atoms with Crippen LogP contribution in [0.3, 0.4) is 0 Å². The van der Waals surface area contributed by atoms with Gasteiger partial charge in [-0.25, -0.2) is 0 Å². The highest BCUT2D eigenvalue weighted by Crippen LogP contribution is 1.91. The molecule has 276 valence electrons. The van der Waals surface area contributed by atoms with E-state index < -0.39 is 11.9 Å². The second kappa shape index (κ2) is 36.4. The summed E-state index contributed by atoms with van der Waals surface area (Å²) in [5.41, 5.74) is 0. The van der Waals surface area contributed by atoms with Crippen molar-refractivity contribution in [1.82, 2.24) is 10.6 Å². The summed E-state index contributed by atoms with van der Waals surface area (Å²) in [4.78, 5) is 43.5. The van der Waals surface area contributed by atoms with E-state index in [9.17, 15) is 19.2 Å². The fraction of sp³-hybridized carbons (Fsp3) is 0.867. The third-order valence-corrected chi connectivity index (χ3v) is 5.68. The average molecular weight is 685 g/mol. The van der Waals surface area contributed by atoms with Gasteiger partial charge in [0.15, 0.2) is 0 Å². The Morgan fingerprint density at radius 2 is 0.553 bits per heavy atom. The Balaban J connectivity index is 3.12. The van der Waals surface area contributed by atoms with Crippen LogP contribution in [0.5, 0.6) is 0 Å². The van der Waals surface area contributed by atoms with Crippen LogP contribution in [0.25, 0.3) is 0 Å². The minimum Gasteiger partial charge on any atom is -0.481 e. The van der Waals surface area contributed by atoms with Crippen LogP contribution in [0.15, 0.2) is 0 Å².